The van der Waals surface area contributed by atoms with Gasteiger partial charge in [-0.3, -0.25) is 14.4 Å². The van der Waals surface area contributed by atoms with Gasteiger partial charge in [-0.2, -0.15) is 13.2 Å². The van der Waals surface area contributed by atoms with Crippen molar-refractivity contribution in [1.29, 1.82) is 0 Å². The number of fused-ring (bicyclic) bond motifs is 1. The molecule has 0 fully saturated rings. The van der Waals surface area contributed by atoms with E-state index in [9.17, 15) is 27.6 Å². The smallest absolute Gasteiger partial charge is 0.416 e. The van der Waals surface area contributed by atoms with Crippen LogP contribution in [0.15, 0.2) is 89.0 Å². The van der Waals surface area contributed by atoms with Crippen LogP contribution in [0.25, 0.3) is 17.0 Å². The minimum Gasteiger partial charge on any atom is -0.481 e. The molecule has 39 heavy (non-hydrogen) atoms. The van der Waals surface area contributed by atoms with Crippen LogP contribution in [0.5, 0.6) is 0 Å². The lowest BCUT2D eigenvalue weighted by Gasteiger charge is -2.08. The van der Waals surface area contributed by atoms with E-state index in [0.29, 0.717) is 22.4 Å². The van der Waals surface area contributed by atoms with Gasteiger partial charge in [-0.15, -0.1) is 0 Å². The first kappa shape index (κ1) is 29.0. The Morgan fingerprint density at radius 3 is 2.28 bits per heavy atom. The predicted octanol–water partition coefficient (Wildman–Crippen LogP) is 6.07. The highest BCUT2D eigenvalue weighted by atomic mass is 35.5. The third-order valence-corrected chi connectivity index (χ3v) is 5.48. The molecule has 0 aliphatic heterocycles. The van der Waals surface area contributed by atoms with Crippen LogP contribution >= 0.6 is 11.6 Å². The van der Waals surface area contributed by atoms with Gasteiger partial charge in [0.1, 0.15) is 11.3 Å². The molecule has 4 rings (SSSR count). The molecule has 2 amide bonds. The largest absolute Gasteiger partial charge is 0.481 e. The Balaban J connectivity index is 0.000000293. The lowest BCUT2D eigenvalue weighted by molar-refractivity contribution is -0.138. The van der Waals surface area contributed by atoms with Crippen LogP contribution in [-0.2, 0) is 22.2 Å². The van der Waals surface area contributed by atoms with Gasteiger partial charge in [0.25, 0.3) is 11.8 Å². The third kappa shape index (κ3) is 8.75. The summed E-state index contributed by atoms with van der Waals surface area (Å²) in [4.78, 5) is 34.1. The Morgan fingerprint density at radius 1 is 0.974 bits per heavy atom. The van der Waals surface area contributed by atoms with Crippen molar-refractivity contribution in [2.45, 2.75) is 19.0 Å². The van der Waals surface area contributed by atoms with E-state index >= 15 is 0 Å². The molecule has 3 aromatic carbocycles. The number of rotatable bonds is 7. The van der Waals surface area contributed by atoms with Crippen LogP contribution in [0, 0.1) is 0 Å². The number of nitrogens with one attached hydrogen (secondary N) is 1. The third-order valence-electron chi connectivity index (χ3n) is 5.23. The highest BCUT2D eigenvalue weighted by molar-refractivity contribution is 6.30. The zero-order valence-electron chi connectivity index (χ0n) is 20.2. The summed E-state index contributed by atoms with van der Waals surface area (Å²) in [5.74, 6) is -2.59. The molecule has 0 radical (unpaired) electrons. The monoisotopic (exact) mass is 558 g/mol. The number of alkyl halides is 3. The number of aryl methyl sites for hydroxylation is 1. The van der Waals surface area contributed by atoms with E-state index in [2.05, 4.69) is 5.32 Å². The number of aliphatic carboxylic acids is 1. The average Bonchev–Trinajstić information content (AvgIpc) is 3.33. The van der Waals surface area contributed by atoms with E-state index in [-0.39, 0.29) is 23.4 Å². The Kier molecular flexibility index (Phi) is 9.51. The molecule has 0 atom stereocenters. The number of furan rings is 1. The number of halogens is 4. The number of hydrogen-bond acceptors (Lipinski definition) is 4. The number of benzene rings is 3. The Labute approximate surface area is 225 Å². The fraction of sp³-hybridized carbons (Fsp3) is 0.107. The number of primary amides is 1. The van der Waals surface area contributed by atoms with Gasteiger partial charge in [0.2, 0.25) is 0 Å². The number of amides is 2. The second-order valence-corrected chi connectivity index (χ2v) is 8.60. The van der Waals surface area contributed by atoms with Gasteiger partial charge >= 0.3 is 12.1 Å². The number of para-hydroxylation sites is 1. The number of carboxylic acid groups (broad SMARTS) is 1. The first-order chi connectivity index (χ1) is 18.4. The van der Waals surface area contributed by atoms with E-state index in [0.717, 1.165) is 23.8 Å². The van der Waals surface area contributed by atoms with Gasteiger partial charge in [0.15, 0.2) is 5.76 Å². The van der Waals surface area contributed by atoms with E-state index in [1.807, 2.05) is 12.1 Å². The van der Waals surface area contributed by atoms with Crippen LogP contribution in [0.1, 0.15) is 33.7 Å². The summed E-state index contributed by atoms with van der Waals surface area (Å²) < 4.78 is 43.8. The van der Waals surface area contributed by atoms with Crippen molar-refractivity contribution in [3.63, 3.8) is 0 Å². The van der Waals surface area contributed by atoms with Gasteiger partial charge in [0.05, 0.1) is 5.56 Å². The van der Waals surface area contributed by atoms with E-state index in [1.54, 1.807) is 36.4 Å². The molecule has 1 heterocycles. The molecule has 0 spiro atoms. The minimum absolute atomic E-state index is 0.0588. The zero-order chi connectivity index (χ0) is 28.6. The van der Waals surface area contributed by atoms with E-state index in [1.165, 1.54) is 18.2 Å². The number of carbonyl (C=O) groups excluding carboxylic acids is 2. The molecular formula is C28H22ClF3N2O5. The Bertz CT molecular complexity index is 1480. The summed E-state index contributed by atoms with van der Waals surface area (Å²) in [7, 11) is 0. The van der Waals surface area contributed by atoms with Crippen LogP contribution in [0.2, 0.25) is 5.02 Å². The molecule has 202 valence electrons. The van der Waals surface area contributed by atoms with Gasteiger partial charge in [-0.05, 0) is 60.0 Å². The van der Waals surface area contributed by atoms with Crippen molar-refractivity contribution in [3.8, 4) is 0 Å². The number of carboxylic acids is 1. The first-order valence-corrected chi connectivity index (χ1v) is 11.7. The summed E-state index contributed by atoms with van der Waals surface area (Å²) in [5, 5.41) is 12.0. The molecule has 0 saturated heterocycles. The van der Waals surface area contributed by atoms with Gasteiger partial charge in [-0.25, -0.2) is 0 Å². The first-order valence-electron chi connectivity index (χ1n) is 11.4. The fourth-order valence-electron chi connectivity index (χ4n) is 3.32. The molecular weight excluding hydrogens is 537 g/mol. The van der Waals surface area contributed by atoms with Crippen molar-refractivity contribution in [2.24, 2.45) is 5.73 Å². The van der Waals surface area contributed by atoms with Crippen LogP contribution in [0.4, 0.5) is 13.2 Å². The normalized spacial score (nSPS) is 11.4. The second-order valence-electron chi connectivity index (χ2n) is 8.17. The van der Waals surface area contributed by atoms with E-state index in [4.69, 9.17) is 26.9 Å². The molecule has 7 nitrogen and oxygen atoms in total. The van der Waals surface area contributed by atoms with Crippen molar-refractivity contribution in [2.75, 3.05) is 0 Å². The summed E-state index contributed by atoms with van der Waals surface area (Å²) in [6, 6.07) is 19.9. The maximum Gasteiger partial charge on any atom is 0.416 e. The summed E-state index contributed by atoms with van der Waals surface area (Å²) in [5.41, 5.74) is 5.53. The van der Waals surface area contributed by atoms with Crippen LogP contribution < -0.4 is 11.1 Å². The standard InChI is InChI=1S/C19H13F3N2O3.C9H9ClO2/c20-19(21,22)13-6-3-4-11(8-13)9-14(17(23)25)24-18(26)16-10-12-5-1-2-7-15(12)27-16;10-8-4-1-7(2-5-8)3-6-9(11)12/h1-10H,(H2,23,25)(H,24,26);1-2,4-5H,3,6H2,(H,11,12)/b14-9+;. The van der Waals surface area contributed by atoms with Gasteiger partial charge in [-0.1, -0.05) is 54.1 Å². The van der Waals surface area contributed by atoms with E-state index < -0.39 is 29.5 Å². The predicted molar refractivity (Wildman–Crippen MR) is 140 cm³/mol. The second kappa shape index (κ2) is 12.8. The molecule has 0 aliphatic rings. The molecule has 4 aromatic rings. The molecule has 11 heteroatoms. The minimum atomic E-state index is -4.53. The summed E-state index contributed by atoms with van der Waals surface area (Å²) >= 11 is 5.66. The molecule has 0 unspecified atom stereocenters. The number of carbonyl (C=O) groups is 3. The lowest BCUT2D eigenvalue weighted by atomic mass is 10.1. The van der Waals surface area contributed by atoms with Crippen molar-refractivity contribution < 1.29 is 37.1 Å². The SMILES string of the molecule is NC(=O)/C(=C\c1cccc(C(F)(F)F)c1)NC(=O)c1cc2ccccc2o1.O=C(O)CCc1ccc(Cl)cc1. The number of hydrogen-bond donors (Lipinski definition) is 3. The van der Waals surface area contributed by atoms with Gasteiger partial charge < -0.3 is 20.6 Å². The lowest BCUT2D eigenvalue weighted by Crippen LogP contribution is -2.30. The highest BCUT2D eigenvalue weighted by Gasteiger charge is 2.30. The molecule has 4 N–H and O–H groups in total. The Hall–Kier alpha value is -4.57. The zero-order valence-corrected chi connectivity index (χ0v) is 20.9. The topological polar surface area (TPSA) is 123 Å². The average molecular weight is 559 g/mol. The van der Waals surface area contributed by atoms with Crippen molar-refractivity contribution in [1.82, 2.24) is 5.32 Å². The number of nitrogens with two attached hydrogens (primary N) is 1. The Morgan fingerprint density at radius 2 is 1.67 bits per heavy atom. The van der Waals surface area contributed by atoms with Gasteiger partial charge in [0, 0.05) is 16.8 Å². The summed E-state index contributed by atoms with van der Waals surface area (Å²) in [6.45, 7) is 0. The maximum absolute atomic E-state index is 12.8. The molecule has 0 aliphatic carbocycles. The highest BCUT2D eigenvalue weighted by Crippen LogP contribution is 2.30. The quantitative estimate of drug-likeness (QED) is 0.238. The van der Waals surface area contributed by atoms with Crippen LogP contribution in [0.3, 0.4) is 0 Å². The molecule has 0 bridgehead atoms. The van der Waals surface area contributed by atoms with Crippen LogP contribution in [-0.4, -0.2) is 22.9 Å². The molecule has 0 saturated carbocycles. The molecule has 1 aromatic heterocycles. The maximum atomic E-state index is 12.8. The van der Waals surface area contributed by atoms with Crippen molar-refractivity contribution >= 4 is 46.4 Å². The summed E-state index contributed by atoms with van der Waals surface area (Å²) in [6.07, 6.45) is -2.74. The van der Waals surface area contributed by atoms with Crippen molar-refractivity contribution in [3.05, 3.63) is 112 Å². The fourth-order valence-corrected chi connectivity index (χ4v) is 3.45.